The zero-order valence-corrected chi connectivity index (χ0v) is 12.3. The predicted octanol–water partition coefficient (Wildman–Crippen LogP) is 4.37. The number of anilines is 2. The molecule has 21 heavy (non-hydrogen) atoms. The molecule has 0 bridgehead atoms. The van der Waals surface area contributed by atoms with Gasteiger partial charge in [0.05, 0.1) is 5.69 Å². The third-order valence-corrected chi connectivity index (χ3v) is 3.94. The number of carbonyl (C=O) groups excluding carboxylic acids is 1. The van der Waals surface area contributed by atoms with Crippen molar-refractivity contribution in [1.29, 1.82) is 0 Å². The Kier molecular flexibility index (Phi) is 3.91. The molecule has 0 unspecified atom stereocenters. The first-order valence-corrected chi connectivity index (χ1v) is 7.48. The molecule has 3 heteroatoms. The number of rotatable bonds is 1. The highest BCUT2D eigenvalue weighted by Gasteiger charge is 2.22. The summed E-state index contributed by atoms with van der Waals surface area (Å²) in [4.78, 5) is 14.5. The second-order valence-electron chi connectivity index (χ2n) is 5.49. The van der Waals surface area contributed by atoms with Crippen LogP contribution in [0.2, 0.25) is 0 Å². The van der Waals surface area contributed by atoms with Gasteiger partial charge in [-0.25, -0.2) is 4.79 Å². The van der Waals surface area contributed by atoms with Crippen LogP contribution in [0.15, 0.2) is 48.5 Å². The molecule has 0 fully saturated rings. The van der Waals surface area contributed by atoms with Crippen LogP contribution in [-0.2, 0) is 6.42 Å². The Balaban J connectivity index is 1.90. The molecule has 3 nitrogen and oxygen atoms in total. The molecule has 1 aliphatic rings. The lowest BCUT2D eigenvalue weighted by Gasteiger charge is -2.25. The van der Waals surface area contributed by atoms with Crippen LogP contribution in [0.4, 0.5) is 16.2 Å². The highest BCUT2D eigenvalue weighted by atomic mass is 16.2. The fraction of sp³-hybridized carbons (Fsp3) is 0.278. The van der Waals surface area contributed by atoms with E-state index < -0.39 is 0 Å². The maximum absolute atomic E-state index is 12.7. The van der Waals surface area contributed by atoms with Crippen molar-refractivity contribution in [1.82, 2.24) is 0 Å². The van der Waals surface area contributed by atoms with Gasteiger partial charge in [-0.1, -0.05) is 36.4 Å². The van der Waals surface area contributed by atoms with Gasteiger partial charge in [0.15, 0.2) is 0 Å². The molecule has 0 aromatic heterocycles. The summed E-state index contributed by atoms with van der Waals surface area (Å²) in [5.74, 6) is 0. The fourth-order valence-corrected chi connectivity index (χ4v) is 2.92. The molecule has 0 atom stereocenters. The summed E-state index contributed by atoms with van der Waals surface area (Å²) in [5, 5.41) is 2.99. The van der Waals surface area contributed by atoms with Gasteiger partial charge in [0, 0.05) is 12.2 Å². The van der Waals surface area contributed by atoms with Gasteiger partial charge < -0.3 is 5.32 Å². The molecule has 1 aliphatic heterocycles. The van der Waals surface area contributed by atoms with Crippen molar-refractivity contribution >= 4 is 17.4 Å². The van der Waals surface area contributed by atoms with E-state index in [1.54, 1.807) is 0 Å². The van der Waals surface area contributed by atoms with Crippen LogP contribution in [0.1, 0.15) is 24.0 Å². The number of para-hydroxylation sites is 2. The average molecular weight is 280 g/mol. The molecule has 2 aromatic carbocycles. The number of urea groups is 1. The maximum Gasteiger partial charge on any atom is 0.326 e. The van der Waals surface area contributed by atoms with Gasteiger partial charge in [0.2, 0.25) is 0 Å². The number of carbonyl (C=O) groups is 1. The monoisotopic (exact) mass is 280 g/mol. The van der Waals surface area contributed by atoms with E-state index in [0.29, 0.717) is 0 Å². The van der Waals surface area contributed by atoms with Crippen LogP contribution < -0.4 is 10.2 Å². The quantitative estimate of drug-likeness (QED) is 0.826. The highest BCUT2D eigenvalue weighted by Crippen LogP contribution is 2.30. The molecule has 1 N–H and O–H groups in total. The van der Waals surface area contributed by atoms with Crippen molar-refractivity contribution < 1.29 is 4.79 Å². The molecule has 0 radical (unpaired) electrons. The molecule has 0 saturated carbocycles. The lowest BCUT2D eigenvalue weighted by molar-refractivity contribution is 0.257. The summed E-state index contributed by atoms with van der Waals surface area (Å²) >= 11 is 0. The fourth-order valence-electron chi connectivity index (χ4n) is 2.92. The standard InChI is InChI=1S/C18H20N2O/c1-14-8-7-10-15-9-5-6-13-20(17(14)15)18(21)19-16-11-3-2-4-12-16/h2-4,7-8,10-12H,5-6,9,13H2,1H3,(H,19,21). The number of nitrogens with one attached hydrogen (secondary N) is 1. The van der Waals surface area contributed by atoms with E-state index in [1.807, 2.05) is 35.2 Å². The highest BCUT2D eigenvalue weighted by molar-refractivity contribution is 6.02. The Hall–Kier alpha value is -2.29. The van der Waals surface area contributed by atoms with E-state index in [4.69, 9.17) is 0 Å². The van der Waals surface area contributed by atoms with Crippen molar-refractivity contribution in [3.63, 3.8) is 0 Å². The van der Waals surface area contributed by atoms with Gasteiger partial charge in [0.25, 0.3) is 0 Å². The third kappa shape index (κ3) is 2.92. The molecular weight excluding hydrogens is 260 g/mol. The Morgan fingerprint density at radius 3 is 2.67 bits per heavy atom. The zero-order valence-electron chi connectivity index (χ0n) is 12.3. The lowest BCUT2D eigenvalue weighted by atomic mass is 10.0. The minimum atomic E-state index is -0.0429. The van der Waals surface area contributed by atoms with Crippen molar-refractivity contribution in [3.8, 4) is 0 Å². The molecule has 3 rings (SSSR count). The van der Waals surface area contributed by atoms with E-state index in [2.05, 4.69) is 30.4 Å². The average Bonchev–Trinajstić information content (AvgIpc) is 2.72. The van der Waals surface area contributed by atoms with Crippen LogP contribution in [0.3, 0.4) is 0 Å². The van der Waals surface area contributed by atoms with Crippen LogP contribution in [0.5, 0.6) is 0 Å². The Morgan fingerprint density at radius 1 is 1.05 bits per heavy atom. The van der Waals surface area contributed by atoms with Crippen LogP contribution in [0, 0.1) is 6.92 Å². The Labute approximate surface area is 125 Å². The summed E-state index contributed by atoms with van der Waals surface area (Å²) in [7, 11) is 0. The molecule has 2 aromatic rings. The number of amides is 2. The van der Waals surface area contributed by atoms with Gasteiger partial charge in [-0.05, 0) is 49.4 Å². The summed E-state index contributed by atoms with van der Waals surface area (Å²) in [6.45, 7) is 2.85. The normalized spacial score (nSPS) is 14.2. The number of nitrogens with zero attached hydrogens (tertiary/aromatic N) is 1. The number of benzene rings is 2. The van der Waals surface area contributed by atoms with E-state index in [-0.39, 0.29) is 6.03 Å². The summed E-state index contributed by atoms with van der Waals surface area (Å²) in [6, 6.07) is 15.9. The molecule has 1 heterocycles. The first kappa shape index (κ1) is 13.7. The zero-order chi connectivity index (χ0) is 14.7. The number of fused-ring (bicyclic) bond motifs is 1. The van der Waals surface area contributed by atoms with Crippen molar-refractivity contribution in [2.24, 2.45) is 0 Å². The Morgan fingerprint density at radius 2 is 1.86 bits per heavy atom. The van der Waals surface area contributed by atoms with Gasteiger partial charge in [-0.3, -0.25) is 4.90 Å². The smallest absolute Gasteiger partial charge is 0.308 e. The first-order chi connectivity index (χ1) is 10.3. The summed E-state index contributed by atoms with van der Waals surface area (Å²) in [6.07, 6.45) is 3.22. The number of aryl methyl sites for hydroxylation is 2. The van der Waals surface area contributed by atoms with Crippen LogP contribution in [0.25, 0.3) is 0 Å². The van der Waals surface area contributed by atoms with E-state index in [9.17, 15) is 4.79 Å². The van der Waals surface area contributed by atoms with Gasteiger partial charge in [0.1, 0.15) is 0 Å². The SMILES string of the molecule is Cc1cccc2c1N(C(=O)Nc1ccccc1)CCCC2. The molecule has 0 spiro atoms. The second-order valence-corrected chi connectivity index (χ2v) is 5.49. The van der Waals surface area contributed by atoms with Crippen LogP contribution in [-0.4, -0.2) is 12.6 Å². The van der Waals surface area contributed by atoms with Crippen LogP contribution >= 0.6 is 0 Å². The Bertz CT molecular complexity index is 637. The predicted molar refractivity (Wildman–Crippen MR) is 86.9 cm³/mol. The lowest BCUT2D eigenvalue weighted by Crippen LogP contribution is -2.36. The minimum Gasteiger partial charge on any atom is -0.308 e. The number of hydrogen-bond donors (Lipinski definition) is 1. The van der Waals surface area contributed by atoms with Crippen molar-refractivity contribution in [3.05, 3.63) is 59.7 Å². The van der Waals surface area contributed by atoms with Gasteiger partial charge in [-0.2, -0.15) is 0 Å². The molecule has 2 amide bonds. The number of hydrogen-bond acceptors (Lipinski definition) is 1. The third-order valence-electron chi connectivity index (χ3n) is 3.94. The minimum absolute atomic E-state index is 0.0429. The molecule has 0 saturated heterocycles. The maximum atomic E-state index is 12.7. The summed E-state index contributed by atoms with van der Waals surface area (Å²) < 4.78 is 0. The van der Waals surface area contributed by atoms with Crippen molar-refractivity contribution in [2.75, 3.05) is 16.8 Å². The van der Waals surface area contributed by atoms with E-state index in [0.717, 1.165) is 42.7 Å². The second kappa shape index (κ2) is 6.00. The topological polar surface area (TPSA) is 32.3 Å². The molecule has 0 aliphatic carbocycles. The molecule has 108 valence electrons. The van der Waals surface area contributed by atoms with E-state index in [1.165, 1.54) is 5.56 Å². The van der Waals surface area contributed by atoms with Gasteiger partial charge in [-0.15, -0.1) is 0 Å². The first-order valence-electron chi connectivity index (χ1n) is 7.48. The summed E-state index contributed by atoms with van der Waals surface area (Å²) in [5.41, 5.74) is 4.36. The molecular formula is C18H20N2O. The van der Waals surface area contributed by atoms with Crippen molar-refractivity contribution in [2.45, 2.75) is 26.2 Å². The largest absolute Gasteiger partial charge is 0.326 e. The van der Waals surface area contributed by atoms with Gasteiger partial charge >= 0.3 is 6.03 Å². The van der Waals surface area contributed by atoms with E-state index >= 15 is 0 Å².